The summed E-state index contributed by atoms with van der Waals surface area (Å²) in [6, 6.07) is 29.7. The fraction of sp³-hybridized carbons (Fsp3) is 0.310. The van der Waals surface area contributed by atoms with E-state index in [0.717, 1.165) is 19.5 Å². The molecule has 0 amide bonds. The fourth-order valence-corrected chi connectivity index (χ4v) is 6.36. The third kappa shape index (κ3) is 5.20. The van der Waals surface area contributed by atoms with Gasteiger partial charge in [0.2, 0.25) is 11.7 Å². The predicted molar refractivity (Wildman–Crippen MR) is 139 cm³/mol. The smallest absolute Gasteiger partial charge is 0.240 e. The predicted octanol–water partition coefficient (Wildman–Crippen LogP) is 5.75. The maximum absolute atomic E-state index is 11.9. The van der Waals surface area contributed by atoms with Crippen molar-refractivity contribution < 1.29 is 9.63 Å². The Morgan fingerprint density at radius 3 is 2.14 bits per heavy atom. The molecule has 1 aromatic heterocycles. The van der Waals surface area contributed by atoms with Crippen LogP contribution >= 0.6 is 11.8 Å². The van der Waals surface area contributed by atoms with Crippen LogP contribution in [0.2, 0.25) is 0 Å². The zero-order chi connectivity index (χ0) is 24.1. The molecule has 1 aliphatic rings. The Balaban J connectivity index is 1.36. The van der Waals surface area contributed by atoms with E-state index in [0.29, 0.717) is 34.7 Å². The first-order chi connectivity index (χ1) is 17.2. The second-order valence-corrected chi connectivity index (χ2v) is 10.4. The van der Waals surface area contributed by atoms with Crippen molar-refractivity contribution in [2.24, 2.45) is 5.92 Å². The average molecular weight is 486 g/mol. The lowest BCUT2D eigenvalue weighted by Crippen LogP contribution is -2.41. The molecule has 0 spiro atoms. The lowest BCUT2D eigenvalue weighted by Gasteiger charge is -2.37. The zero-order valence-corrected chi connectivity index (χ0v) is 20.8. The maximum atomic E-state index is 11.9. The lowest BCUT2D eigenvalue weighted by molar-refractivity contribution is 0.112. The van der Waals surface area contributed by atoms with E-state index >= 15 is 0 Å². The van der Waals surface area contributed by atoms with Crippen LogP contribution in [-0.2, 0) is 12.1 Å². The molecule has 0 radical (unpaired) electrons. The molecule has 1 aliphatic heterocycles. The number of aliphatic hydroxyl groups is 1. The van der Waals surface area contributed by atoms with Crippen molar-refractivity contribution >= 4 is 11.8 Å². The molecule has 4 aromatic rings. The summed E-state index contributed by atoms with van der Waals surface area (Å²) in [6.07, 6.45) is 2.34. The van der Waals surface area contributed by atoms with Crippen molar-refractivity contribution in [3.8, 4) is 0 Å². The van der Waals surface area contributed by atoms with Gasteiger partial charge in [0.1, 0.15) is 0 Å². The monoisotopic (exact) mass is 485 g/mol. The molecule has 0 saturated carbocycles. The van der Waals surface area contributed by atoms with Gasteiger partial charge in [0, 0.05) is 16.7 Å². The molecule has 5 nitrogen and oxygen atoms in total. The molecular formula is C29H31N3O2S. The SMILES string of the molecule is CCC1CCN(Cc2nc(C(O)(c3ccccc3)c3ccccc3)no2)CC1Sc1ccccc1. The van der Waals surface area contributed by atoms with E-state index in [1.54, 1.807) is 0 Å². The first-order valence-corrected chi connectivity index (χ1v) is 13.2. The van der Waals surface area contributed by atoms with Crippen molar-refractivity contribution in [1.82, 2.24) is 15.0 Å². The molecule has 2 unspecified atom stereocenters. The summed E-state index contributed by atoms with van der Waals surface area (Å²) in [7, 11) is 0. The molecule has 1 fully saturated rings. The highest BCUT2D eigenvalue weighted by Crippen LogP contribution is 2.37. The average Bonchev–Trinajstić information content (AvgIpc) is 3.39. The summed E-state index contributed by atoms with van der Waals surface area (Å²) in [6.45, 7) is 4.84. The Bertz CT molecular complexity index is 1160. The van der Waals surface area contributed by atoms with E-state index in [9.17, 15) is 5.11 Å². The molecule has 35 heavy (non-hydrogen) atoms. The van der Waals surface area contributed by atoms with E-state index < -0.39 is 5.60 Å². The molecule has 1 N–H and O–H groups in total. The second-order valence-electron chi connectivity index (χ2n) is 9.12. The van der Waals surface area contributed by atoms with Crippen LogP contribution in [0.1, 0.15) is 42.6 Å². The molecular weight excluding hydrogens is 454 g/mol. The standard InChI is InChI=1S/C29H31N3O2S/c1-2-22-18-19-32(20-26(22)35-25-16-10-5-11-17-25)21-27-30-28(31-34-27)29(33,23-12-6-3-7-13-23)24-14-8-4-9-15-24/h3-17,22,26,33H,2,18-21H2,1H3. The number of hydrogen-bond donors (Lipinski definition) is 1. The highest BCUT2D eigenvalue weighted by atomic mass is 32.2. The minimum atomic E-state index is -1.48. The molecule has 0 aliphatic carbocycles. The van der Waals surface area contributed by atoms with Crippen LogP contribution in [0.15, 0.2) is 100 Å². The number of hydrogen-bond acceptors (Lipinski definition) is 6. The molecule has 180 valence electrons. The number of thioether (sulfide) groups is 1. The molecule has 1 saturated heterocycles. The Hall–Kier alpha value is -2.93. The van der Waals surface area contributed by atoms with Crippen LogP contribution in [0.3, 0.4) is 0 Å². The van der Waals surface area contributed by atoms with Crippen molar-refractivity contribution in [2.75, 3.05) is 13.1 Å². The molecule has 5 rings (SSSR count). The number of piperidine rings is 1. The van der Waals surface area contributed by atoms with E-state index in [2.05, 4.69) is 47.3 Å². The van der Waals surface area contributed by atoms with Gasteiger partial charge in [0.25, 0.3) is 0 Å². The topological polar surface area (TPSA) is 62.4 Å². The van der Waals surface area contributed by atoms with Crippen molar-refractivity contribution in [3.63, 3.8) is 0 Å². The molecule has 2 heterocycles. The number of rotatable bonds is 8. The third-order valence-electron chi connectivity index (χ3n) is 6.87. The van der Waals surface area contributed by atoms with Gasteiger partial charge < -0.3 is 9.63 Å². The van der Waals surface area contributed by atoms with Gasteiger partial charge in [-0.1, -0.05) is 97.4 Å². The second kappa shape index (κ2) is 10.8. The molecule has 2 atom stereocenters. The van der Waals surface area contributed by atoms with Gasteiger partial charge in [-0.05, 0) is 42.1 Å². The van der Waals surface area contributed by atoms with E-state index in [-0.39, 0.29) is 5.82 Å². The lowest BCUT2D eigenvalue weighted by atomic mass is 9.85. The minimum Gasteiger partial charge on any atom is -0.373 e. The van der Waals surface area contributed by atoms with Crippen LogP contribution in [0.5, 0.6) is 0 Å². The van der Waals surface area contributed by atoms with Gasteiger partial charge in [-0.15, -0.1) is 11.8 Å². The highest BCUT2D eigenvalue weighted by Gasteiger charge is 2.39. The molecule has 3 aromatic carbocycles. The Kier molecular flexibility index (Phi) is 7.32. The normalized spacial score (nSPS) is 19.0. The summed E-state index contributed by atoms with van der Waals surface area (Å²) >= 11 is 1.97. The quantitative estimate of drug-likeness (QED) is 0.343. The van der Waals surface area contributed by atoms with Crippen LogP contribution in [0.4, 0.5) is 0 Å². The number of likely N-dealkylation sites (tertiary alicyclic amines) is 1. The fourth-order valence-electron chi connectivity index (χ4n) is 4.89. The first-order valence-electron chi connectivity index (χ1n) is 12.3. The molecule has 0 bridgehead atoms. The summed E-state index contributed by atoms with van der Waals surface area (Å²) in [5.41, 5.74) is -0.0613. The van der Waals surface area contributed by atoms with Crippen LogP contribution in [0.25, 0.3) is 0 Å². The number of nitrogens with zero attached hydrogens (tertiary/aromatic N) is 3. The van der Waals surface area contributed by atoms with Gasteiger partial charge in [-0.3, -0.25) is 4.90 Å². The van der Waals surface area contributed by atoms with Gasteiger partial charge in [0.05, 0.1) is 6.54 Å². The van der Waals surface area contributed by atoms with E-state index in [4.69, 9.17) is 9.51 Å². The third-order valence-corrected chi connectivity index (χ3v) is 8.25. The van der Waals surface area contributed by atoms with Crippen molar-refractivity contribution in [2.45, 2.75) is 42.1 Å². The van der Waals surface area contributed by atoms with Crippen molar-refractivity contribution in [3.05, 3.63) is 114 Å². The Labute approximate surface area is 211 Å². The van der Waals surface area contributed by atoms with Crippen molar-refractivity contribution in [1.29, 1.82) is 0 Å². The van der Waals surface area contributed by atoms with Crippen LogP contribution in [0, 0.1) is 5.92 Å². The van der Waals surface area contributed by atoms with Gasteiger partial charge in [-0.25, -0.2) is 0 Å². The van der Waals surface area contributed by atoms with Crippen LogP contribution in [-0.4, -0.2) is 38.5 Å². The summed E-state index contributed by atoms with van der Waals surface area (Å²) < 4.78 is 5.69. The van der Waals surface area contributed by atoms with Crippen LogP contribution < -0.4 is 0 Å². The van der Waals surface area contributed by atoms with Gasteiger partial charge in [-0.2, -0.15) is 4.98 Å². The maximum Gasteiger partial charge on any atom is 0.240 e. The Morgan fingerprint density at radius 2 is 1.54 bits per heavy atom. The summed E-state index contributed by atoms with van der Waals surface area (Å²) in [4.78, 5) is 8.41. The summed E-state index contributed by atoms with van der Waals surface area (Å²) in [5.74, 6) is 1.49. The first kappa shape index (κ1) is 23.8. The summed E-state index contributed by atoms with van der Waals surface area (Å²) in [5, 5.41) is 16.7. The van der Waals surface area contributed by atoms with E-state index in [1.807, 2.05) is 72.4 Å². The van der Waals surface area contributed by atoms with Gasteiger partial charge >= 0.3 is 0 Å². The van der Waals surface area contributed by atoms with Gasteiger partial charge in [0.15, 0.2) is 5.60 Å². The number of benzene rings is 3. The number of aromatic nitrogens is 2. The zero-order valence-electron chi connectivity index (χ0n) is 20.0. The van der Waals surface area contributed by atoms with E-state index in [1.165, 1.54) is 11.3 Å². The molecule has 6 heteroatoms. The Morgan fingerprint density at radius 1 is 0.943 bits per heavy atom. The largest absolute Gasteiger partial charge is 0.373 e. The highest BCUT2D eigenvalue weighted by molar-refractivity contribution is 8.00. The minimum absolute atomic E-state index is 0.267.